The Balaban J connectivity index is 0.00000753. The summed E-state index contributed by atoms with van der Waals surface area (Å²) in [4.78, 5) is 8.99. The Hall–Kier alpha value is -7.00. The van der Waals surface area contributed by atoms with E-state index in [2.05, 4.69) is 150 Å². The van der Waals surface area contributed by atoms with Crippen LogP contribution in [0.5, 0.6) is 0 Å². The average Bonchev–Trinajstić information content (AvgIpc) is 1.68. The minimum absolute atomic E-state index is 0. The summed E-state index contributed by atoms with van der Waals surface area (Å²) < 4.78 is 83.9. The van der Waals surface area contributed by atoms with Gasteiger partial charge in [-0.2, -0.15) is 41.5 Å². The van der Waals surface area contributed by atoms with E-state index in [1.165, 1.54) is 5.56 Å². The van der Waals surface area contributed by atoms with Crippen molar-refractivity contribution in [3.63, 3.8) is 0 Å². The predicted octanol–water partition coefficient (Wildman–Crippen LogP) is 18.0. The summed E-state index contributed by atoms with van der Waals surface area (Å²) in [7, 11) is 0. The summed E-state index contributed by atoms with van der Waals surface area (Å²) in [6, 6.07) is 38.1. The van der Waals surface area contributed by atoms with Crippen LogP contribution >= 0.6 is 0 Å². The molecule has 0 bridgehead atoms. The van der Waals surface area contributed by atoms with Gasteiger partial charge in [-0.3, -0.25) is 0 Å². The molecule has 0 amide bonds. The molecule has 0 unspecified atom stereocenters. The molecule has 73 heavy (non-hydrogen) atoms. The van der Waals surface area contributed by atoms with Crippen molar-refractivity contribution < 1.29 is 33.4 Å². The predicted molar refractivity (Wildman–Crippen MR) is 304 cm³/mol. The van der Waals surface area contributed by atoms with E-state index >= 15 is 0 Å². The summed E-state index contributed by atoms with van der Waals surface area (Å²) in [5.41, 5.74) is 15.6. The summed E-state index contributed by atoms with van der Waals surface area (Å²) in [6.45, 7) is 26.7. The molecule has 0 saturated heterocycles. The zero-order valence-electron chi connectivity index (χ0n) is 52.5. The van der Waals surface area contributed by atoms with E-state index in [0.29, 0.717) is 44.9 Å². The fraction of sp³-hybridized carbons (Fsp3) is 0.206. The molecule has 8 aromatic carbocycles. The summed E-state index contributed by atoms with van der Waals surface area (Å²) in [5, 5.41) is 2.16. The van der Waals surface area contributed by atoms with Gasteiger partial charge in [-0.1, -0.05) is 143 Å². The van der Waals surface area contributed by atoms with Gasteiger partial charge in [0.15, 0.2) is 0 Å². The molecule has 1 aliphatic rings. The molecule has 2 aromatic heterocycles. The Labute approximate surface area is 460 Å². The molecule has 3 heterocycles. The molecule has 11 rings (SSSR count). The van der Waals surface area contributed by atoms with Crippen LogP contribution in [0.4, 0.5) is 22.7 Å². The first-order chi connectivity index (χ1) is 38.2. The Kier molecular flexibility index (Phi) is 10.2. The van der Waals surface area contributed by atoms with Gasteiger partial charge < -0.3 is 14.4 Å². The maximum absolute atomic E-state index is 9.54. The summed E-state index contributed by atoms with van der Waals surface area (Å²) >= 11 is 0. The molecule has 0 spiro atoms. The quantitative estimate of drug-likeness (QED) is 0.142. The topological polar surface area (TPSA) is 24.3 Å². The van der Waals surface area contributed by atoms with E-state index in [9.17, 15) is 4.11 Å². The van der Waals surface area contributed by atoms with Crippen molar-refractivity contribution in [3.05, 3.63) is 232 Å². The molecule has 5 heteroatoms. The second-order valence-electron chi connectivity index (χ2n) is 21.0. The SMILES string of the molecule is [2H]c1c([2H])c([2H])c(-c2c(C)c(C)c(C)c(-c3c([2H])c([2H])c([2H])c([2H])c3C)c2N2[CH-]N(c3[c-]c(C(C)(C)c4[c-]c5c(cc4)c4ccccc4n5-c4cc(C(C)(C)C)ccn4)cc(-c4c(C)cc(C)cc4C)c3)c3ccccc32)c([2H])c1[2H].[Pt]. The largest absolute Gasteiger partial charge is 0.493 e. The number of rotatable bonds is 8. The fourth-order valence-corrected chi connectivity index (χ4v) is 10.9. The standard InChI is InChI=1S/C68H63N4.Pt/c1-42-34-44(3)63(45(4)35-42)50-36-53(68(11,12)52-30-31-57-56-26-18-19-27-58(56)72(61(57)39-52)62-40-51(32-33-69-62)67(8,9)10)38-54(37-50)70-41-71(60-29-21-20-28-59(60)70)66-64(49-23-14-13-15-24-49)47(6)46(5)48(7)65(66)55-25-17-16-22-43(55)2;/h13-37,40-41H,1-12H3;/q-3;/i13D,14D,15D,16D,17D,22D,23D,24D,25D;. The van der Waals surface area contributed by atoms with Gasteiger partial charge in [0.1, 0.15) is 5.82 Å². The van der Waals surface area contributed by atoms with Gasteiger partial charge in [0, 0.05) is 61.0 Å². The number of benzene rings is 8. The Morgan fingerprint density at radius 1 is 0.562 bits per heavy atom. The number of pyridine rings is 1. The molecular weight excluding hydrogens is 1070 g/mol. The van der Waals surface area contributed by atoms with Gasteiger partial charge in [-0.25, -0.2) is 4.98 Å². The second kappa shape index (κ2) is 18.8. The Bertz CT molecular complexity index is 4150. The van der Waals surface area contributed by atoms with Crippen molar-refractivity contribution in [2.45, 2.75) is 93.9 Å². The van der Waals surface area contributed by atoms with Crippen molar-refractivity contribution in [2.75, 3.05) is 9.80 Å². The van der Waals surface area contributed by atoms with Crippen LogP contribution in [0.1, 0.15) is 103 Å². The van der Waals surface area contributed by atoms with Crippen molar-refractivity contribution in [3.8, 4) is 39.2 Å². The van der Waals surface area contributed by atoms with Gasteiger partial charge in [-0.05, 0) is 151 Å². The average molecular weight is 1140 g/mol. The van der Waals surface area contributed by atoms with Crippen LogP contribution in [-0.4, -0.2) is 9.55 Å². The van der Waals surface area contributed by atoms with E-state index in [0.717, 1.165) is 77.8 Å². The Morgan fingerprint density at radius 3 is 1.95 bits per heavy atom. The zero-order valence-corrected chi connectivity index (χ0v) is 45.8. The number of hydrogen-bond acceptors (Lipinski definition) is 3. The minimum atomic E-state index is -0.715. The maximum Gasteiger partial charge on any atom is 0.135 e. The maximum atomic E-state index is 9.54. The molecule has 1 aliphatic heterocycles. The van der Waals surface area contributed by atoms with Gasteiger partial charge in [0.25, 0.3) is 0 Å². The first-order valence-electron chi connectivity index (χ1n) is 29.1. The van der Waals surface area contributed by atoms with Crippen LogP contribution in [-0.2, 0) is 31.9 Å². The van der Waals surface area contributed by atoms with Crippen LogP contribution in [0, 0.1) is 67.3 Å². The van der Waals surface area contributed by atoms with Crippen molar-refractivity contribution >= 4 is 44.6 Å². The molecule has 0 fully saturated rings. The van der Waals surface area contributed by atoms with E-state index in [1.54, 1.807) is 6.92 Å². The van der Waals surface area contributed by atoms with Crippen LogP contribution < -0.4 is 9.80 Å². The molecule has 0 atom stereocenters. The number of hydrogen-bond donors (Lipinski definition) is 0. The number of fused-ring (bicyclic) bond motifs is 4. The Morgan fingerprint density at radius 2 is 1.22 bits per heavy atom. The van der Waals surface area contributed by atoms with Crippen LogP contribution in [0.15, 0.2) is 158 Å². The van der Waals surface area contributed by atoms with E-state index < -0.39 is 41.7 Å². The number of anilines is 4. The molecule has 0 radical (unpaired) electrons. The molecule has 4 nitrogen and oxygen atoms in total. The summed E-state index contributed by atoms with van der Waals surface area (Å²) in [5.74, 6) is 0.813. The monoisotopic (exact) mass is 1140 g/mol. The number of aromatic nitrogens is 2. The van der Waals surface area contributed by atoms with Gasteiger partial charge in [0.05, 0.1) is 12.3 Å². The van der Waals surface area contributed by atoms with Crippen molar-refractivity contribution in [1.29, 1.82) is 0 Å². The first-order valence-corrected chi connectivity index (χ1v) is 24.6. The number of nitrogens with zero attached hydrogens (tertiary/aromatic N) is 4. The molecule has 368 valence electrons. The van der Waals surface area contributed by atoms with Gasteiger partial charge >= 0.3 is 0 Å². The molecule has 0 aliphatic carbocycles. The number of aryl methyl sites for hydroxylation is 3. The molecule has 0 saturated carbocycles. The van der Waals surface area contributed by atoms with Crippen molar-refractivity contribution in [2.24, 2.45) is 0 Å². The van der Waals surface area contributed by atoms with Crippen LogP contribution in [0.2, 0.25) is 0 Å². The fourth-order valence-electron chi connectivity index (χ4n) is 10.9. The normalized spacial score (nSPS) is 14.4. The third-order valence-corrected chi connectivity index (χ3v) is 14.9. The van der Waals surface area contributed by atoms with E-state index in [-0.39, 0.29) is 55.7 Å². The second-order valence-corrected chi connectivity index (χ2v) is 21.0. The smallest absolute Gasteiger partial charge is 0.135 e. The molecular formula is C68H63N4Pt-3. The zero-order chi connectivity index (χ0) is 58.2. The third-order valence-electron chi connectivity index (χ3n) is 14.9. The van der Waals surface area contributed by atoms with E-state index in [4.69, 9.17) is 13.2 Å². The van der Waals surface area contributed by atoms with Gasteiger partial charge in [0.2, 0.25) is 0 Å². The summed E-state index contributed by atoms with van der Waals surface area (Å²) in [6.07, 6.45) is 1.89. The van der Waals surface area contributed by atoms with Crippen LogP contribution in [0.25, 0.3) is 61.0 Å². The minimum Gasteiger partial charge on any atom is -0.493 e. The first kappa shape index (κ1) is 39.5. The molecule has 0 N–H and O–H groups in total. The number of para-hydroxylation sites is 3. The van der Waals surface area contributed by atoms with Crippen molar-refractivity contribution in [1.82, 2.24) is 9.55 Å². The van der Waals surface area contributed by atoms with E-state index in [1.807, 2.05) is 62.8 Å². The third kappa shape index (κ3) is 8.42. The van der Waals surface area contributed by atoms with Crippen LogP contribution in [0.3, 0.4) is 0 Å². The van der Waals surface area contributed by atoms with Gasteiger partial charge in [-0.15, -0.1) is 29.4 Å². The molecule has 10 aromatic rings.